The quantitative estimate of drug-likeness (QED) is 0.430. The normalized spacial score (nSPS) is 10.3. The number of hydrogen-bond donors (Lipinski definition) is 0. The van der Waals surface area contributed by atoms with Gasteiger partial charge in [-0.05, 0) is 24.6 Å². The Morgan fingerprint density at radius 2 is 2.04 bits per heavy atom. The SMILES string of the molecule is C=CCOC(=O)COc1ccc2c(C)c(CC(=O)OC)c(=O)oc2c1. The molecule has 0 amide bonds. The van der Waals surface area contributed by atoms with E-state index in [9.17, 15) is 14.4 Å². The number of hydrogen-bond acceptors (Lipinski definition) is 7. The highest BCUT2D eigenvalue weighted by Gasteiger charge is 2.15. The molecule has 0 aliphatic rings. The zero-order valence-corrected chi connectivity index (χ0v) is 14.0. The van der Waals surface area contributed by atoms with Gasteiger partial charge in [0.2, 0.25) is 0 Å². The molecule has 0 saturated carbocycles. The Morgan fingerprint density at radius 3 is 2.72 bits per heavy atom. The van der Waals surface area contributed by atoms with Crippen molar-refractivity contribution in [2.45, 2.75) is 13.3 Å². The lowest BCUT2D eigenvalue weighted by molar-refractivity contribution is -0.144. The van der Waals surface area contributed by atoms with Crippen LogP contribution in [0.4, 0.5) is 0 Å². The molecule has 7 nitrogen and oxygen atoms in total. The molecule has 1 heterocycles. The van der Waals surface area contributed by atoms with Crippen molar-refractivity contribution in [3.05, 3.63) is 52.4 Å². The highest BCUT2D eigenvalue weighted by atomic mass is 16.6. The van der Waals surface area contributed by atoms with Crippen LogP contribution >= 0.6 is 0 Å². The van der Waals surface area contributed by atoms with Crippen LogP contribution in [-0.4, -0.2) is 32.3 Å². The number of fused-ring (bicyclic) bond motifs is 1. The van der Waals surface area contributed by atoms with Crippen LogP contribution in [0.1, 0.15) is 11.1 Å². The van der Waals surface area contributed by atoms with Crippen molar-refractivity contribution < 1.29 is 28.2 Å². The predicted octanol–water partition coefficient (Wildman–Crippen LogP) is 1.92. The number of carbonyl (C=O) groups excluding carboxylic acids is 2. The summed E-state index contributed by atoms with van der Waals surface area (Å²) in [5, 5.41) is 0.667. The lowest BCUT2D eigenvalue weighted by atomic mass is 10.0. The fourth-order valence-corrected chi connectivity index (χ4v) is 2.22. The Kier molecular flexibility index (Phi) is 5.94. The summed E-state index contributed by atoms with van der Waals surface area (Å²) in [6, 6.07) is 4.84. The third-order valence-corrected chi connectivity index (χ3v) is 3.53. The average molecular weight is 346 g/mol. The molecule has 0 saturated heterocycles. The van der Waals surface area contributed by atoms with E-state index < -0.39 is 17.6 Å². The van der Waals surface area contributed by atoms with Gasteiger partial charge in [-0.2, -0.15) is 0 Å². The van der Waals surface area contributed by atoms with E-state index >= 15 is 0 Å². The van der Waals surface area contributed by atoms with Crippen LogP contribution in [0.25, 0.3) is 11.0 Å². The van der Waals surface area contributed by atoms with Crippen molar-refractivity contribution in [3.8, 4) is 5.75 Å². The maximum atomic E-state index is 12.1. The first kappa shape index (κ1) is 18.3. The first-order chi connectivity index (χ1) is 12.0. The molecular formula is C18H18O7. The standard InChI is InChI=1S/C18H18O7/c1-4-7-23-17(20)10-24-12-5-6-13-11(2)14(9-16(19)22-3)18(21)25-15(13)8-12/h4-6,8H,1,7,9-10H2,2-3H3. The zero-order chi connectivity index (χ0) is 18.4. The predicted molar refractivity (Wildman–Crippen MR) is 89.6 cm³/mol. The third kappa shape index (κ3) is 4.47. The monoisotopic (exact) mass is 346 g/mol. The van der Waals surface area contributed by atoms with Gasteiger partial charge < -0.3 is 18.6 Å². The summed E-state index contributed by atoms with van der Waals surface area (Å²) in [4.78, 5) is 34.9. The summed E-state index contributed by atoms with van der Waals surface area (Å²) in [6.45, 7) is 5.00. The van der Waals surface area contributed by atoms with Gasteiger partial charge in [-0.15, -0.1) is 0 Å². The Morgan fingerprint density at radius 1 is 1.28 bits per heavy atom. The Labute approximate surface area is 143 Å². The lowest BCUT2D eigenvalue weighted by Gasteiger charge is -2.09. The zero-order valence-electron chi connectivity index (χ0n) is 14.0. The largest absolute Gasteiger partial charge is 0.482 e. The third-order valence-electron chi connectivity index (χ3n) is 3.53. The minimum atomic E-state index is -0.613. The Bertz CT molecular complexity index is 864. The second-order valence-electron chi connectivity index (χ2n) is 5.16. The summed E-state index contributed by atoms with van der Waals surface area (Å²) in [7, 11) is 1.25. The van der Waals surface area contributed by atoms with Gasteiger partial charge in [0.05, 0.1) is 19.1 Å². The molecule has 132 valence electrons. The lowest BCUT2D eigenvalue weighted by Crippen LogP contribution is -2.16. The highest BCUT2D eigenvalue weighted by Crippen LogP contribution is 2.24. The molecule has 7 heteroatoms. The van der Waals surface area contributed by atoms with Gasteiger partial charge in [-0.1, -0.05) is 12.7 Å². The maximum absolute atomic E-state index is 12.1. The molecule has 0 unspecified atom stereocenters. The Hall–Kier alpha value is -3.09. The summed E-state index contributed by atoms with van der Waals surface area (Å²) in [6.07, 6.45) is 1.30. The van der Waals surface area contributed by atoms with Gasteiger partial charge in [0.25, 0.3) is 0 Å². The molecule has 2 rings (SSSR count). The second kappa shape index (κ2) is 8.14. The number of carbonyl (C=O) groups is 2. The smallest absolute Gasteiger partial charge is 0.344 e. The first-order valence-electron chi connectivity index (χ1n) is 7.48. The molecular weight excluding hydrogens is 328 g/mol. The van der Waals surface area contributed by atoms with Crippen LogP contribution < -0.4 is 10.4 Å². The van der Waals surface area contributed by atoms with Crippen LogP contribution in [0.15, 0.2) is 40.1 Å². The number of ether oxygens (including phenoxy) is 3. The van der Waals surface area contributed by atoms with Crippen molar-refractivity contribution in [2.24, 2.45) is 0 Å². The van der Waals surface area contributed by atoms with Crippen LogP contribution in [0.2, 0.25) is 0 Å². The highest BCUT2D eigenvalue weighted by molar-refractivity contribution is 5.84. The first-order valence-corrected chi connectivity index (χ1v) is 7.48. The van der Waals surface area contributed by atoms with Gasteiger partial charge in [0, 0.05) is 11.5 Å². The van der Waals surface area contributed by atoms with Crippen LogP contribution in [0.3, 0.4) is 0 Å². The van der Waals surface area contributed by atoms with Crippen LogP contribution in [0.5, 0.6) is 5.75 Å². The summed E-state index contributed by atoms with van der Waals surface area (Å²) in [5.41, 5.74) is 0.570. The average Bonchev–Trinajstić information content (AvgIpc) is 2.61. The van der Waals surface area contributed by atoms with Gasteiger partial charge in [0.15, 0.2) is 6.61 Å². The fraction of sp³-hybridized carbons (Fsp3) is 0.278. The van der Waals surface area contributed by atoms with Gasteiger partial charge in [-0.25, -0.2) is 9.59 Å². The number of aryl methyl sites for hydroxylation is 1. The second-order valence-corrected chi connectivity index (χ2v) is 5.16. The summed E-state index contributed by atoms with van der Waals surface area (Å²) < 4.78 is 20.0. The number of esters is 2. The van der Waals surface area contributed by atoms with Crippen molar-refractivity contribution in [1.29, 1.82) is 0 Å². The van der Waals surface area contributed by atoms with E-state index in [-0.39, 0.29) is 25.2 Å². The van der Waals surface area contributed by atoms with Crippen molar-refractivity contribution in [1.82, 2.24) is 0 Å². The molecule has 1 aromatic carbocycles. The Balaban J connectivity index is 2.24. The van der Waals surface area contributed by atoms with Crippen LogP contribution in [-0.2, 0) is 25.5 Å². The molecule has 0 atom stereocenters. The molecule has 25 heavy (non-hydrogen) atoms. The van der Waals surface area contributed by atoms with E-state index in [1.54, 1.807) is 19.1 Å². The minimum Gasteiger partial charge on any atom is -0.482 e. The number of rotatable bonds is 7. The molecule has 0 aliphatic carbocycles. The van der Waals surface area contributed by atoms with Crippen LogP contribution in [0, 0.1) is 6.92 Å². The molecule has 2 aromatic rings. The van der Waals surface area contributed by atoms with E-state index in [0.717, 1.165) is 0 Å². The molecule has 0 spiro atoms. The summed E-state index contributed by atoms with van der Waals surface area (Å²) in [5.74, 6) is -0.704. The maximum Gasteiger partial charge on any atom is 0.344 e. The number of benzene rings is 1. The molecule has 0 N–H and O–H groups in total. The van der Waals surface area contributed by atoms with E-state index in [4.69, 9.17) is 13.9 Å². The van der Waals surface area contributed by atoms with E-state index in [1.807, 2.05) is 0 Å². The molecule has 0 fully saturated rings. The minimum absolute atomic E-state index is 0.108. The van der Waals surface area contributed by atoms with Crippen molar-refractivity contribution in [2.75, 3.05) is 20.3 Å². The number of methoxy groups -OCH3 is 1. The van der Waals surface area contributed by atoms with Crippen molar-refractivity contribution >= 4 is 22.9 Å². The summed E-state index contributed by atoms with van der Waals surface area (Å²) >= 11 is 0. The van der Waals surface area contributed by atoms with E-state index in [1.165, 1.54) is 19.3 Å². The fourth-order valence-electron chi connectivity index (χ4n) is 2.22. The van der Waals surface area contributed by atoms with Gasteiger partial charge >= 0.3 is 17.6 Å². The van der Waals surface area contributed by atoms with E-state index in [2.05, 4.69) is 11.3 Å². The van der Waals surface area contributed by atoms with E-state index in [0.29, 0.717) is 22.3 Å². The molecule has 0 radical (unpaired) electrons. The topological polar surface area (TPSA) is 92.0 Å². The molecule has 1 aromatic heterocycles. The van der Waals surface area contributed by atoms with Gasteiger partial charge in [0.1, 0.15) is 17.9 Å². The van der Waals surface area contributed by atoms with Crippen molar-refractivity contribution in [3.63, 3.8) is 0 Å². The molecule has 0 aliphatic heterocycles. The van der Waals surface area contributed by atoms with Gasteiger partial charge in [-0.3, -0.25) is 4.79 Å². The molecule has 0 bridgehead atoms.